The maximum absolute atomic E-state index is 11.8. The van der Waals surface area contributed by atoms with Gasteiger partial charge in [0.2, 0.25) is 5.91 Å². The van der Waals surface area contributed by atoms with Crippen molar-refractivity contribution in [3.8, 4) is 0 Å². The highest BCUT2D eigenvalue weighted by atomic mass is 32.2. The molecular weight excluding hydrogens is 288 g/mol. The molecule has 1 aromatic carbocycles. The Morgan fingerprint density at radius 3 is 2.95 bits per heavy atom. The molecule has 2 rings (SSSR count). The third-order valence-corrected chi connectivity index (χ3v) is 5.25. The fourth-order valence-corrected chi connectivity index (χ4v) is 3.77. The minimum atomic E-state index is 0.103. The van der Waals surface area contributed by atoms with Gasteiger partial charge in [-0.2, -0.15) is 0 Å². The lowest BCUT2D eigenvalue weighted by molar-refractivity contribution is -0.119. The van der Waals surface area contributed by atoms with Gasteiger partial charge in [0.15, 0.2) is 0 Å². The van der Waals surface area contributed by atoms with Crippen molar-refractivity contribution in [3.63, 3.8) is 0 Å². The smallest absolute Gasteiger partial charge is 0.230 e. The zero-order chi connectivity index (χ0) is 14.2. The highest BCUT2D eigenvalue weighted by molar-refractivity contribution is 8.39. The molecule has 1 unspecified atom stereocenters. The molecule has 1 aromatic rings. The van der Waals surface area contributed by atoms with Crippen LogP contribution >= 0.6 is 23.5 Å². The van der Waals surface area contributed by atoms with Crippen molar-refractivity contribution in [2.24, 2.45) is 4.99 Å². The molecule has 0 aliphatic carbocycles. The van der Waals surface area contributed by atoms with E-state index >= 15 is 0 Å². The first kappa shape index (κ1) is 15.4. The van der Waals surface area contributed by atoms with E-state index in [2.05, 4.69) is 41.5 Å². The van der Waals surface area contributed by atoms with Crippen molar-refractivity contribution < 1.29 is 4.79 Å². The molecule has 108 valence electrons. The molecule has 0 aromatic heterocycles. The summed E-state index contributed by atoms with van der Waals surface area (Å²) < 4.78 is 1.05. The van der Waals surface area contributed by atoms with Crippen molar-refractivity contribution >= 4 is 33.8 Å². The number of nitrogens with zero attached hydrogens (tertiary/aromatic N) is 1. The van der Waals surface area contributed by atoms with Gasteiger partial charge in [-0.05, 0) is 25.3 Å². The van der Waals surface area contributed by atoms with E-state index in [9.17, 15) is 4.79 Å². The summed E-state index contributed by atoms with van der Waals surface area (Å²) in [6.45, 7) is 2.95. The Hall–Kier alpha value is -0.940. The van der Waals surface area contributed by atoms with Crippen LogP contribution in [0.15, 0.2) is 35.3 Å². The summed E-state index contributed by atoms with van der Waals surface area (Å²) in [5.74, 6) is 1.63. The molecule has 1 aliphatic heterocycles. The average Bonchev–Trinajstić information content (AvgIpc) is 2.97. The molecule has 5 heteroatoms. The predicted octanol–water partition coefficient (Wildman–Crippen LogP) is 2.96. The van der Waals surface area contributed by atoms with Crippen molar-refractivity contribution in [2.45, 2.75) is 25.8 Å². The lowest BCUT2D eigenvalue weighted by atomic mass is 10.1. The molecule has 0 radical (unpaired) electrons. The van der Waals surface area contributed by atoms with Crippen LogP contribution in [0, 0.1) is 0 Å². The van der Waals surface area contributed by atoms with Gasteiger partial charge in [0.1, 0.15) is 4.38 Å². The van der Waals surface area contributed by atoms with Gasteiger partial charge in [-0.3, -0.25) is 9.79 Å². The van der Waals surface area contributed by atoms with Gasteiger partial charge in [0.05, 0.1) is 12.3 Å². The average molecular weight is 308 g/mol. The van der Waals surface area contributed by atoms with Gasteiger partial charge < -0.3 is 5.32 Å². The van der Waals surface area contributed by atoms with E-state index in [1.807, 2.05) is 6.07 Å². The van der Waals surface area contributed by atoms with E-state index in [-0.39, 0.29) is 11.9 Å². The lowest BCUT2D eigenvalue weighted by Crippen LogP contribution is -2.34. The molecule has 1 amide bonds. The van der Waals surface area contributed by atoms with Crippen LogP contribution in [0.25, 0.3) is 0 Å². The summed E-state index contributed by atoms with van der Waals surface area (Å²) in [5, 5.41) is 3.05. The molecule has 0 saturated heterocycles. The largest absolute Gasteiger partial charge is 0.353 e. The van der Waals surface area contributed by atoms with Gasteiger partial charge in [-0.15, -0.1) is 0 Å². The number of nitrogens with one attached hydrogen (secondary N) is 1. The van der Waals surface area contributed by atoms with Crippen LogP contribution in [0.5, 0.6) is 0 Å². The molecule has 1 heterocycles. The molecule has 3 nitrogen and oxygen atoms in total. The quantitative estimate of drug-likeness (QED) is 0.878. The number of aryl methyl sites for hydroxylation is 1. The maximum atomic E-state index is 11.8. The van der Waals surface area contributed by atoms with Crippen LogP contribution in [-0.2, 0) is 11.2 Å². The van der Waals surface area contributed by atoms with E-state index in [0.717, 1.165) is 29.5 Å². The molecular formula is C15H20N2OS2. The first-order valence-electron chi connectivity index (χ1n) is 6.87. The Kier molecular flexibility index (Phi) is 6.47. The number of amides is 1. The molecule has 1 N–H and O–H groups in total. The summed E-state index contributed by atoms with van der Waals surface area (Å²) in [5.41, 5.74) is 1.32. The number of rotatable bonds is 6. The first-order chi connectivity index (χ1) is 9.74. The van der Waals surface area contributed by atoms with Crippen molar-refractivity contribution in [2.75, 3.05) is 18.1 Å². The SMILES string of the molecule is CC(CCc1ccccc1)NC(=O)CSC1=NCCS1. The van der Waals surface area contributed by atoms with Crippen molar-refractivity contribution in [1.29, 1.82) is 0 Å². The summed E-state index contributed by atoms with van der Waals surface area (Å²) >= 11 is 3.29. The number of hydrogen-bond acceptors (Lipinski definition) is 4. The standard InChI is InChI=1S/C15H20N2OS2/c1-12(7-8-13-5-3-2-4-6-13)17-14(18)11-20-15-16-9-10-19-15/h2-6,12H,7-11H2,1H3,(H,17,18). The molecule has 0 saturated carbocycles. The maximum Gasteiger partial charge on any atom is 0.230 e. The predicted molar refractivity (Wildman–Crippen MR) is 89.6 cm³/mol. The Labute approximate surface area is 129 Å². The number of carbonyl (C=O) groups excluding carboxylic acids is 1. The Balaban J connectivity index is 1.63. The summed E-state index contributed by atoms with van der Waals surface area (Å²) in [4.78, 5) is 16.2. The Morgan fingerprint density at radius 2 is 2.25 bits per heavy atom. The van der Waals surface area contributed by atoms with Gasteiger partial charge in [0.25, 0.3) is 0 Å². The van der Waals surface area contributed by atoms with Gasteiger partial charge in [-0.25, -0.2) is 0 Å². The second-order valence-electron chi connectivity index (χ2n) is 4.78. The van der Waals surface area contributed by atoms with Crippen molar-refractivity contribution in [1.82, 2.24) is 5.32 Å². The molecule has 20 heavy (non-hydrogen) atoms. The second-order valence-corrected chi connectivity index (χ2v) is 7.08. The highest BCUT2D eigenvalue weighted by Gasteiger charge is 2.12. The van der Waals surface area contributed by atoms with Crippen LogP contribution in [0.3, 0.4) is 0 Å². The molecule has 0 spiro atoms. The number of benzene rings is 1. The van der Waals surface area contributed by atoms with Crippen LogP contribution in [0.1, 0.15) is 18.9 Å². The number of carbonyl (C=O) groups is 1. The van der Waals surface area contributed by atoms with Gasteiger partial charge in [-0.1, -0.05) is 53.9 Å². The zero-order valence-electron chi connectivity index (χ0n) is 11.7. The minimum Gasteiger partial charge on any atom is -0.353 e. The number of aliphatic imine (C=N–C) groups is 1. The van der Waals surface area contributed by atoms with Crippen LogP contribution < -0.4 is 5.32 Å². The summed E-state index contributed by atoms with van der Waals surface area (Å²) in [6, 6.07) is 10.6. The molecule has 0 fully saturated rings. The van der Waals surface area contributed by atoms with Crippen LogP contribution in [0.2, 0.25) is 0 Å². The monoisotopic (exact) mass is 308 g/mol. The first-order valence-corrected chi connectivity index (χ1v) is 8.84. The van der Waals surface area contributed by atoms with Crippen LogP contribution in [0.4, 0.5) is 0 Å². The van der Waals surface area contributed by atoms with Gasteiger partial charge >= 0.3 is 0 Å². The van der Waals surface area contributed by atoms with E-state index in [1.54, 1.807) is 23.5 Å². The van der Waals surface area contributed by atoms with Crippen molar-refractivity contribution in [3.05, 3.63) is 35.9 Å². The third-order valence-electron chi connectivity index (χ3n) is 3.00. The number of thioether (sulfide) groups is 2. The van der Waals surface area contributed by atoms with E-state index in [0.29, 0.717) is 5.75 Å². The molecule has 0 bridgehead atoms. The summed E-state index contributed by atoms with van der Waals surface area (Å²) in [7, 11) is 0. The van der Waals surface area contributed by atoms with E-state index in [1.165, 1.54) is 5.56 Å². The number of hydrogen-bond donors (Lipinski definition) is 1. The summed E-state index contributed by atoms with van der Waals surface area (Å²) in [6.07, 6.45) is 1.97. The Bertz CT molecular complexity index is 462. The fraction of sp³-hybridized carbons (Fsp3) is 0.467. The highest BCUT2D eigenvalue weighted by Crippen LogP contribution is 2.21. The topological polar surface area (TPSA) is 41.5 Å². The van der Waals surface area contributed by atoms with Gasteiger partial charge in [0, 0.05) is 11.8 Å². The zero-order valence-corrected chi connectivity index (χ0v) is 13.3. The van der Waals surface area contributed by atoms with Crippen LogP contribution in [-0.4, -0.2) is 34.4 Å². The lowest BCUT2D eigenvalue weighted by Gasteiger charge is -2.13. The van der Waals surface area contributed by atoms with E-state index < -0.39 is 0 Å². The third kappa shape index (κ3) is 5.59. The minimum absolute atomic E-state index is 0.103. The second kappa shape index (κ2) is 8.37. The molecule has 1 atom stereocenters. The Morgan fingerprint density at radius 1 is 1.45 bits per heavy atom. The molecule has 1 aliphatic rings. The van der Waals surface area contributed by atoms with E-state index in [4.69, 9.17) is 0 Å². The fourth-order valence-electron chi connectivity index (χ4n) is 1.95. The normalized spacial score (nSPS) is 15.8.